The number of rotatable bonds is 2. The van der Waals surface area contributed by atoms with Crippen LogP contribution < -0.4 is 5.56 Å². The van der Waals surface area contributed by atoms with Crippen LogP contribution in [0.5, 0.6) is 5.88 Å². The molecule has 0 amide bonds. The summed E-state index contributed by atoms with van der Waals surface area (Å²) in [7, 11) is 0. The Morgan fingerprint density at radius 1 is 1.57 bits per heavy atom. The molecule has 0 spiro atoms. The van der Waals surface area contributed by atoms with Crippen molar-refractivity contribution in [2.75, 3.05) is 0 Å². The minimum absolute atomic E-state index is 0.0504. The molecule has 0 radical (unpaired) electrons. The van der Waals surface area contributed by atoms with Crippen molar-refractivity contribution in [3.8, 4) is 5.88 Å². The quantitative estimate of drug-likeness (QED) is 0.619. The molecule has 1 rings (SSSR count). The van der Waals surface area contributed by atoms with Crippen molar-refractivity contribution in [3.63, 3.8) is 0 Å². The van der Waals surface area contributed by atoms with Crippen molar-refractivity contribution < 1.29 is 15.0 Å². The number of carboxylic acids is 1. The van der Waals surface area contributed by atoms with Crippen LogP contribution in [0.3, 0.4) is 0 Å². The SMILES string of the molecule is Cc1c(O)nc(C(C)C(=O)O)[nH]c1=O. The van der Waals surface area contributed by atoms with Gasteiger partial charge >= 0.3 is 5.97 Å². The maximum absolute atomic E-state index is 11.1. The number of aromatic hydroxyl groups is 1. The zero-order valence-corrected chi connectivity index (χ0v) is 7.74. The molecule has 3 N–H and O–H groups in total. The van der Waals surface area contributed by atoms with Gasteiger partial charge in [-0.15, -0.1) is 0 Å². The van der Waals surface area contributed by atoms with E-state index >= 15 is 0 Å². The van der Waals surface area contributed by atoms with E-state index in [4.69, 9.17) is 5.11 Å². The van der Waals surface area contributed by atoms with Crippen molar-refractivity contribution in [1.29, 1.82) is 0 Å². The Morgan fingerprint density at radius 2 is 2.14 bits per heavy atom. The highest BCUT2D eigenvalue weighted by atomic mass is 16.4. The van der Waals surface area contributed by atoms with Crippen LogP contribution in [0.1, 0.15) is 24.2 Å². The molecule has 1 atom stereocenters. The molecule has 1 aromatic heterocycles. The molecule has 0 bridgehead atoms. The van der Waals surface area contributed by atoms with Gasteiger partial charge in [-0.1, -0.05) is 0 Å². The molecule has 0 aliphatic heterocycles. The van der Waals surface area contributed by atoms with E-state index in [-0.39, 0.29) is 11.4 Å². The average molecular weight is 198 g/mol. The largest absolute Gasteiger partial charge is 0.493 e. The molecular formula is C8H10N2O4. The molecule has 0 saturated heterocycles. The monoisotopic (exact) mass is 198 g/mol. The molecule has 6 heteroatoms. The van der Waals surface area contributed by atoms with Crippen LogP contribution in [-0.4, -0.2) is 26.2 Å². The number of carbonyl (C=O) groups is 1. The van der Waals surface area contributed by atoms with E-state index in [1.807, 2.05) is 0 Å². The third-order valence-corrected chi connectivity index (χ3v) is 1.92. The van der Waals surface area contributed by atoms with Crippen LogP contribution in [0.25, 0.3) is 0 Å². The van der Waals surface area contributed by atoms with Crippen LogP contribution in [0.15, 0.2) is 4.79 Å². The van der Waals surface area contributed by atoms with Gasteiger partial charge in [0.1, 0.15) is 11.7 Å². The van der Waals surface area contributed by atoms with Gasteiger partial charge < -0.3 is 15.2 Å². The van der Waals surface area contributed by atoms with Crippen molar-refractivity contribution in [2.45, 2.75) is 19.8 Å². The summed E-state index contributed by atoms with van der Waals surface area (Å²) in [5.74, 6) is -2.55. The van der Waals surface area contributed by atoms with Crippen LogP contribution >= 0.6 is 0 Å². The molecule has 76 valence electrons. The van der Waals surface area contributed by atoms with Gasteiger partial charge in [-0.25, -0.2) is 0 Å². The first kappa shape index (κ1) is 10.2. The molecule has 14 heavy (non-hydrogen) atoms. The van der Waals surface area contributed by atoms with Crippen LogP contribution in [-0.2, 0) is 4.79 Å². The van der Waals surface area contributed by atoms with E-state index in [0.717, 1.165) is 0 Å². The first-order valence-corrected chi connectivity index (χ1v) is 3.96. The number of aliphatic carboxylic acids is 1. The van der Waals surface area contributed by atoms with E-state index in [1.165, 1.54) is 13.8 Å². The predicted octanol–water partition coefficient (Wildman–Crippen LogP) is -0.0280. The fraction of sp³-hybridized carbons (Fsp3) is 0.375. The summed E-state index contributed by atoms with van der Waals surface area (Å²) in [6.45, 7) is 2.77. The number of aromatic nitrogens is 2. The van der Waals surface area contributed by atoms with Crippen molar-refractivity contribution in [2.24, 2.45) is 0 Å². The Balaban J connectivity index is 3.26. The minimum Gasteiger partial charge on any atom is -0.493 e. The second-order valence-electron chi connectivity index (χ2n) is 2.96. The Kier molecular flexibility index (Phi) is 2.55. The number of aromatic amines is 1. The molecule has 0 aliphatic rings. The van der Waals surface area contributed by atoms with Gasteiger partial charge in [0, 0.05) is 0 Å². The maximum atomic E-state index is 11.1. The Bertz CT molecular complexity index is 424. The fourth-order valence-electron chi connectivity index (χ4n) is 0.860. The van der Waals surface area contributed by atoms with Crippen LogP contribution in [0, 0.1) is 6.92 Å². The lowest BCUT2D eigenvalue weighted by Gasteiger charge is -2.06. The summed E-state index contributed by atoms with van der Waals surface area (Å²) in [4.78, 5) is 27.6. The third kappa shape index (κ3) is 1.73. The molecule has 0 aliphatic carbocycles. The van der Waals surface area contributed by atoms with Gasteiger partial charge in [0.15, 0.2) is 0 Å². The zero-order valence-electron chi connectivity index (χ0n) is 7.74. The lowest BCUT2D eigenvalue weighted by Crippen LogP contribution is -2.19. The van der Waals surface area contributed by atoms with E-state index in [2.05, 4.69) is 9.97 Å². The first-order chi connectivity index (χ1) is 6.43. The highest BCUT2D eigenvalue weighted by molar-refractivity contribution is 5.74. The summed E-state index contributed by atoms with van der Waals surface area (Å²) < 4.78 is 0. The molecule has 0 aromatic carbocycles. The Labute approximate surface area is 79.2 Å². The Morgan fingerprint density at radius 3 is 2.57 bits per heavy atom. The molecule has 0 saturated carbocycles. The molecule has 1 unspecified atom stereocenters. The predicted molar refractivity (Wildman–Crippen MR) is 47.3 cm³/mol. The lowest BCUT2D eigenvalue weighted by atomic mass is 10.1. The molecule has 0 fully saturated rings. The van der Waals surface area contributed by atoms with E-state index in [0.29, 0.717) is 0 Å². The van der Waals surface area contributed by atoms with Crippen molar-refractivity contribution in [3.05, 3.63) is 21.7 Å². The van der Waals surface area contributed by atoms with E-state index in [1.54, 1.807) is 0 Å². The zero-order chi connectivity index (χ0) is 10.9. The highest BCUT2D eigenvalue weighted by Gasteiger charge is 2.18. The third-order valence-electron chi connectivity index (χ3n) is 1.92. The number of nitrogens with one attached hydrogen (secondary N) is 1. The number of carboxylic acid groups (broad SMARTS) is 1. The lowest BCUT2D eigenvalue weighted by molar-refractivity contribution is -0.138. The summed E-state index contributed by atoms with van der Waals surface area (Å²) in [6, 6.07) is 0. The summed E-state index contributed by atoms with van der Waals surface area (Å²) in [5.41, 5.74) is -0.452. The van der Waals surface area contributed by atoms with Gasteiger partial charge in [-0.05, 0) is 13.8 Å². The summed E-state index contributed by atoms with van der Waals surface area (Å²) in [6.07, 6.45) is 0. The summed E-state index contributed by atoms with van der Waals surface area (Å²) >= 11 is 0. The van der Waals surface area contributed by atoms with E-state index < -0.39 is 23.3 Å². The maximum Gasteiger partial charge on any atom is 0.313 e. The van der Waals surface area contributed by atoms with Gasteiger partial charge in [0.2, 0.25) is 5.88 Å². The van der Waals surface area contributed by atoms with Crippen molar-refractivity contribution in [1.82, 2.24) is 9.97 Å². The molecule has 1 heterocycles. The molecular weight excluding hydrogens is 188 g/mol. The normalized spacial score (nSPS) is 12.4. The average Bonchev–Trinajstić information content (AvgIpc) is 2.12. The van der Waals surface area contributed by atoms with Gasteiger partial charge in [-0.3, -0.25) is 9.59 Å². The van der Waals surface area contributed by atoms with Gasteiger partial charge in [-0.2, -0.15) is 4.98 Å². The number of hydrogen-bond donors (Lipinski definition) is 3. The molecule has 1 aromatic rings. The number of nitrogens with zero attached hydrogens (tertiary/aromatic N) is 1. The standard InChI is InChI=1S/C8H10N2O4/c1-3(8(13)14)5-9-6(11)4(2)7(12)10-5/h3H,1-2H3,(H,13,14)(H2,9,10,11,12). The topological polar surface area (TPSA) is 103 Å². The number of H-pyrrole nitrogens is 1. The van der Waals surface area contributed by atoms with Crippen molar-refractivity contribution >= 4 is 5.97 Å². The Hall–Kier alpha value is -1.85. The minimum atomic E-state index is -1.11. The summed E-state index contributed by atoms with van der Waals surface area (Å²) in [5, 5.41) is 17.8. The smallest absolute Gasteiger partial charge is 0.313 e. The second-order valence-corrected chi connectivity index (χ2v) is 2.96. The van der Waals surface area contributed by atoms with Crippen LogP contribution in [0.2, 0.25) is 0 Å². The van der Waals surface area contributed by atoms with Gasteiger partial charge in [0.05, 0.1) is 5.56 Å². The fourth-order valence-corrected chi connectivity index (χ4v) is 0.860. The highest BCUT2D eigenvalue weighted by Crippen LogP contribution is 2.13. The second kappa shape index (κ2) is 3.49. The van der Waals surface area contributed by atoms with Gasteiger partial charge in [0.25, 0.3) is 5.56 Å². The first-order valence-electron chi connectivity index (χ1n) is 3.96. The molecule has 6 nitrogen and oxygen atoms in total. The van der Waals surface area contributed by atoms with Crippen LogP contribution in [0.4, 0.5) is 0 Å². The van der Waals surface area contributed by atoms with E-state index in [9.17, 15) is 14.7 Å². The number of hydrogen-bond acceptors (Lipinski definition) is 4.